The zero-order chi connectivity index (χ0) is 21.6. The Hall–Kier alpha value is 0. The molecule has 2 atom stereocenters. The van der Waals surface area contributed by atoms with Crippen molar-refractivity contribution < 1.29 is 0 Å². The van der Waals surface area contributed by atoms with Gasteiger partial charge in [0.15, 0.2) is 0 Å². The highest BCUT2D eigenvalue weighted by atomic mass is 14.4. The van der Waals surface area contributed by atoms with Gasteiger partial charge in [0.2, 0.25) is 0 Å². The van der Waals surface area contributed by atoms with Gasteiger partial charge < -0.3 is 0 Å². The first-order valence-electron chi connectivity index (χ1n) is 13.8. The summed E-state index contributed by atoms with van der Waals surface area (Å²) in [5.41, 5.74) is 0.907. The first kappa shape index (κ1) is 27.0. The van der Waals surface area contributed by atoms with Crippen LogP contribution >= 0.6 is 0 Å². The van der Waals surface area contributed by atoms with E-state index in [1.807, 2.05) is 0 Å². The lowest BCUT2D eigenvalue weighted by Gasteiger charge is -2.39. The summed E-state index contributed by atoms with van der Waals surface area (Å²) in [6.45, 7) is 14.4. The molecule has 29 heavy (non-hydrogen) atoms. The summed E-state index contributed by atoms with van der Waals surface area (Å²) in [6, 6.07) is 0. The third kappa shape index (κ3) is 13.1. The SMILES string of the molecule is CCCCCCCCC1CC1CCCCCCCCCCCC(C)(C)C(C)(C)C. The van der Waals surface area contributed by atoms with Crippen LogP contribution in [-0.4, -0.2) is 0 Å². The second-order valence-electron chi connectivity index (χ2n) is 12.2. The highest BCUT2D eigenvalue weighted by molar-refractivity contribution is 4.85. The van der Waals surface area contributed by atoms with E-state index in [4.69, 9.17) is 0 Å². The quantitative estimate of drug-likeness (QED) is 0.187. The van der Waals surface area contributed by atoms with Crippen LogP contribution in [0, 0.1) is 22.7 Å². The molecule has 0 radical (unpaired) electrons. The number of unbranched alkanes of at least 4 members (excludes halogenated alkanes) is 13. The zero-order valence-electron chi connectivity index (χ0n) is 21.6. The van der Waals surface area contributed by atoms with Gasteiger partial charge in [-0.1, -0.05) is 151 Å². The minimum Gasteiger partial charge on any atom is -0.0654 e. The fourth-order valence-electron chi connectivity index (χ4n) is 4.79. The molecule has 1 aliphatic carbocycles. The van der Waals surface area contributed by atoms with Crippen molar-refractivity contribution in [2.75, 3.05) is 0 Å². The molecule has 0 nitrogen and oxygen atoms in total. The molecular formula is C29H58. The topological polar surface area (TPSA) is 0 Å². The predicted molar refractivity (Wildman–Crippen MR) is 134 cm³/mol. The molecule has 1 saturated carbocycles. The van der Waals surface area contributed by atoms with E-state index in [2.05, 4.69) is 41.5 Å². The fraction of sp³-hybridized carbons (Fsp3) is 1.00. The van der Waals surface area contributed by atoms with E-state index in [1.54, 1.807) is 19.3 Å². The summed E-state index contributed by atoms with van der Waals surface area (Å²) in [5.74, 6) is 2.26. The minimum absolute atomic E-state index is 0.432. The van der Waals surface area contributed by atoms with Gasteiger partial charge in [-0.05, 0) is 35.5 Å². The number of hydrogen-bond acceptors (Lipinski definition) is 0. The molecule has 0 N–H and O–H groups in total. The van der Waals surface area contributed by atoms with Crippen LogP contribution in [0.25, 0.3) is 0 Å². The average molecular weight is 407 g/mol. The van der Waals surface area contributed by atoms with E-state index in [1.165, 1.54) is 103 Å². The number of hydrogen-bond donors (Lipinski definition) is 0. The molecule has 0 heteroatoms. The third-order valence-corrected chi connectivity index (χ3v) is 8.40. The summed E-state index contributed by atoms with van der Waals surface area (Å²) in [6.07, 6.45) is 28.1. The van der Waals surface area contributed by atoms with Crippen LogP contribution in [0.3, 0.4) is 0 Å². The molecule has 174 valence electrons. The third-order valence-electron chi connectivity index (χ3n) is 8.40. The second-order valence-corrected chi connectivity index (χ2v) is 12.2. The summed E-state index contributed by atoms with van der Waals surface area (Å²) < 4.78 is 0. The summed E-state index contributed by atoms with van der Waals surface area (Å²) >= 11 is 0. The minimum atomic E-state index is 0.432. The molecule has 0 saturated heterocycles. The van der Waals surface area contributed by atoms with Crippen molar-refractivity contribution in [1.82, 2.24) is 0 Å². The van der Waals surface area contributed by atoms with Gasteiger partial charge in [-0.25, -0.2) is 0 Å². The van der Waals surface area contributed by atoms with Gasteiger partial charge in [-0.2, -0.15) is 0 Å². The molecule has 0 spiro atoms. The average Bonchev–Trinajstić information content (AvgIpc) is 3.39. The fourth-order valence-corrected chi connectivity index (χ4v) is 4.79. The van der Waals surface area contributed by atoms with Crippen LogP contribution in [0.1, 0.15) is 164 Å². The molecule has 1 fully saturated rings. The maximum absolute atomic E-state index is 2.45. The van der Waals surface area contributed by atoms with Gasteiger partial charge >= 0.3 is 0 Å². The lowest BCUT2D eigenvalue weighted by molar-refractivity contribution is 0.115. The van der Waals surface area contributed by atoms with Crippen LogP contribution in [-0.2, 0) is 0 Å². The van der Waals surface area contributed by atoms with Crippen molar-refractivity contribution in [2.24, 2.45) is 22.7 Å². The second kappa shape index (κ2) is 14.9. The van der Waals surface area contributed by atoms with Gasteiger partial charge in [0, 0.05) is 0 Å². The molecule has 1 aliphatic rings. The maximum atomic E-state index is 2.45. The Labute approximate surface area is 186 Å². The summed E-state index contributed by atoms with van der Waals surface area (Å²) in [7, 11) is 0. The van der Waals surface area contributed by atoms with Crippen LogP contribution in [0.2, 0.25) is 0 Å². The molecule has 0 bridgehead atoms. The Bertz CT molecular complexity index is 372. The van der Waals surface area contributed by atoms with Crippen molar-refractivity contribution in [3.05, 3.63) is 0 Å². The van der Waals surface area contributed by atoms with E-state index >= 15 is 0 Å². The van der Waals surface area contributed by atoms with Crippen molar-refractivity contribution in [2.45, 2.75) is 164 Å². The molecule has 0 aromatic rings. The molecular weight excluding hydrogens is 348 g/mol. The Morgan fingerprint density at radius 3 is 1.31 bits per heavy atom. The summed E-state index contributed by atoms with van der Waals surface area (Å²) in [4.78, 5) is 0. The van der Waals surface area contributed by atoms with Gasteiger partial charge in [0.05, 0.1) is 0 Å². The van der Waals surface area contributed by atoms with Crippen molar-refractivity contribution in [3.63, 3.8) is 0 Å². The largest absolute Gasteiger partial charge is 0.0654 e. The molecule has 0 aliphatic heterocycles. The Morgan fingerprint density at radius 2 is 0.897 bits per heavy atom. The van der Waals surface area contributed by atoms with E-state index in [-0.39, 0.29) is 0 Å². The van der Waals surface area contributed by atoms with Crippen molar-refractivity contribution in [3.8, 4) is 0 Å². The molecule has 0 amide bonds. The molecule has 0 aromatic carbocycles. The summed E-state index contributed by atoms with van der Waals surface area (Å²) in [5, 5.41) is 0. The van der Waals surface area contributed by atoms with E-state index in [9.17, 15) is 0 Å². The highest BCUT2D eigenvalue weighted by Crippen LogP contribution is 2.46. The monoisotopic (exact) mass is 406 g/mol. The number of rotatable bonds is 19. The van der Waals surface area contributed by atoms with Gasteiger partial charge in [-0.3, -0.25) is 0 Å². The molecule has 2 unspecified atom stereocenters. The maximum Gasteiger partial charge on any atom is -0.0306 e. The van der Waals surface area contributed by atoms with E-state index in [0.717, 1.165) is 11.8 Å². The highest BCUT2D eigenvalue weighted by Gasteiger charge is 2.35. The van der Waals surface area contributed by atoms with Crippen molar-refractivity contribution >= 4 is 0 Å². The van der Waals surface area contributed by atoms with Crippen LogP contribution in [0.5, 0.6) is 0 Å². The Balaban J connectivity index is 1.79. The van der Waals surface area contributed by atoms with Gasteiger partial charge in [0.1, 0.15) is 0 Å². The van der Waals surface area contributed by atoms with Gasteiger partial charge in [0.25, 0.3) is 0 Å². The van der Waals surface area contributed by atoms with Crippen LogP contribution in [0.15, 0.2) is 0 Å². The Kier molecular flexibility index (Phi) is 13.9. The van der Waals surface area contributed by atoms with E-state index in [0.29, 0.717) is 10.8 Å². The van der Waals surface area contributed by atoms with Crippen molar-refractivity contribution in [1.29, 1.82) is 0 Å². The lowest BCUT2D eigenvalue weighted by atomic mass is 9.67. The van der Waals surface area contributed by atoms with Gasteiger partial charge in [-0.15, -0.1) is 0 Å². The first-order chi connectivity index (χ1) is 13.8. The van der Waals surface area contributed by atoms with Crippen LogP contribution in [0.4, 0.5) is 0 Å². The normalized spacial score (nSPS) is 19.7. The standard InChI is InChI=1S/C29H58/c1-7-8-9-10-16-19-22-26-25-27(26)23-20-17-14-12-11-13-15-18-21-24-29(5,6)28(2,3)4/h26-27H,7-25H2,1-6H3. The first-order valence-corrected chi connectivity index (χ1v) is 13.8. The predicted octanol–water partition coefficient (Wildman–Crippen LogP) is 10.7. The molecule has 0 aromatic heterocycles. The van der Waals surface area contributed by atoms with Crippen LogP contribution < -0.4 is 0 Å². The zero-order valence-corrected chi connectivity index (χ0v) is 21.6. The lowest BCUT2D eigenvalue weighted by Crippen LogP contribution is -2.29. The molecule has 1 rings (SSSR count). The molecule has 0 heterocycles. The van der Waals surface area contributed by atoms with E-state index < -0.39 is 0 Å². The Morgan fingerprint density at radius 1 is 0.517 bits per heavy atom. The smallest absolute Gasteiger partial charge is 0.0306 e.